The predicted octanol–water partition coefficient (Wildman–Crippen LogP) is 2.34. The Labute approximate surface area is 76.4 Å². The van der Waals surface area contributed by atoms with E-state index in [-0.39, 0.29) is 0 Å². The Bertz CT molecular complexity index is 278. The average molecular weight is 181 g/mol. The third-order valence-electron chi connectivity index (χ3n) is 2.02. The molecule has 0 saturated carbocycles. The summed E-state index contributed by atoms with van der Waals surface area (Å²) < 4.78 is 0. The molecule has 0 unspecified atom stereocenters. The van der Waals surface area contributed by atoms with Crippen molar-refractivity contribution in [2.45, 2.75) is 12.8 Å². The molecule has 2 nitrogen and oxygen atoms in total. The normalized spacial score (nSPS) is 24.9. The van der Waals surface area contributed by atoms with E-state index in [0.29, 0.717) is 0 Å². The summed E-state index contributed by atoms with van der Waals surface area (Å²) in [6.45, 7) is 0. The third kappa shape index (κ3) is 1.29. The van der Waals surface area contributed by atoms with Crippen molar-refractivity contribution in [2.75, 3.05) is 12.9 Å². The standard InChI is InChI=1S/C9H11NOS/c1-11-10-8-6-12-9-5-3-2-4-7(8)9/h2,4H,3,5-6H2,1H3/b10-8-. The summed E-state index contributed by atoms with van der Waals surface area (Å²) in [6, 6.07) is 0. The van der Waals surface area contributed by atoms with Crippen LogP contribution in [0.1, 0.15) is 12.8 Å². The Hall–Kier alpha value is -0.700. The summed E-state index contributed by atoms with van der Waals surface area (Å²) in [5.74, 6) is 0.975. The molecule has 0 aromatic carbocycles. The molecule has 0 saturated heterocycles. The predicted molar refractivity (Wildman–Crippen MR) is 52.3 cm³/mol. The second kappa shape index (κ2) is 3.35. The first-order valence-corrected chi connectivity index (χ1v) is 5.03. The van der Waals surface area contributed by atoms with Crippen LogP contribution in [-0.4, -0.2) is 18.6 Å². The maximum atomic E-state index is 4.78. The van der Waals surface area contributed by atoms with Gasteiger partial charge in [-0.3, -0.25) is 0 Å². The smallest absolute Gasteiger partial charge is 0.106 e. The van der Waals surface area contributed by atoms with Crippen LogP contribution in [0.5, 0.6) is 0 Å². The van der Waals surface area contributed by atoms with Gasteiger partial charge in [-0.05, 0) is 17.7 Å². The van der Waals surface area contributed by atoms with Crippen molar-refractivity contribution in [2.24, 2.45) is 5.16 Å². The molecular formula is C9H11NOS. The molecule has 64 valence electrons. The molecule has 12 heavy (non-hydrogen) atoms. The van der Waals surface area contributed by atoms with E-state index >= 15 is 0 Å². The number of oxime groups is 1. The first-order chi connectivity index (χ1) is 5.92. The van der Waals surface area contributed by atoms with Crippen LogP contribution in [0.2, 0.25) is 0 Å². The van der Waals surface area contributed by atoms with E-state index in [1.807, 2.05) is 11.8 Å². The topological polar surface area (TPSA) is 21.6 Å². The van der Waals surface area contributed by atoms with Crippen LogP contribution in [0.25, 0.3) is 0 Å². The zero-order valence-corrected chi connectivity index (χ0v) is 7.86. The monoisotopic (exact) mass is 181 g/mol. The maximum Gasteiger partial charge on any atom is 0.106 e. The van der Waals surface area contributed by atoms with Gasteiger partial charge in [0.25, 0.3) is 0 Å². The molecule has 2 aliphatic rings. The van der Waals surface area contributed by atoms with E-state index in [4.69, 9.17) is 4.84 Å². The molecule has 1 aliphatic heterocycles. The molecule has 1 aliphatic carbocycles. The van der Waals surface area contributed by atoms with Crippen molar-refractivity contribution in [3.63, 3.8) is 0 Å². The second-order valence-electron chi connectivity index (χ2n) is 2.79. The molecule has 0 aromatic heterocycles. The minimum absolute atomic E-state index is 0.975. The van der Waals surface area contributed by atoms with Gasteiger partial charge in [0.1, 0.15) is 7.11 Å². The van der Waals surface area contributed by atoms with Gasteiger partial charge in [-0.1, -0.05) is 17.3 Å². The number of rotatable bonds is 1. The van der Waals surface area contributed by atoms with E-state index in [1.165, 1.54) is 23.3 Å². The van der Waals surface area contributed by atoms with Crippen molar-refractivity contribution in [1.29, 1.82) is 0 Å². The molecule has 2 rings (SSSR count). The van der Waals surface area contributed by atoms with Crippen LogP contribution < -0.4 is 0 Å². The molecule has 1 heterocycles. The van der Waals surface area contributed by atoms with Crippen molar-refractivity contribution >= 4 is 17.5 Å². The summed E-state index contributed by atoms with van der Waals surface area (Å²) >= 11 is 1.89. The van der Waals surface area contributed by atoms with Gasteiger partial charge < -0.3 is 4.84 Å². The van der Waals surface area contributed by atoms with E-state index in [2.05, 4.69) is 17.3 Å². The van der Waals surface area contributed by atoms with Crippen molar-refractivity contribution < 1.29 is 4.84 Å². The van der Waals surface area contributed by atoms with E-state index in [1.54, 1.807) is 7.11 Å². The van der Waals surface area contributed by atoms with Gasteiger partial charge in [-0.2, -0.15) is 0 Å². The Morgan fingerprint density at radius 2 is 2.50 bits per heavy atom. The fraction of sp³-hybridized carbons (Fsp3) is 0.444. The zero-order valence-electron chi connectivity index (χ0n) is 7.04. The van der Waals surface area contributed by atoms with Crippen LogP contribution in [0, 0.1) is 0 Å². The van der Waals surface area contributed by atoms with Gasteiger partial charge in [0.2, 0.25) is 0 Å². The number of allylic oxidation sites excluding steroid dienone is 4. The van der Waals surface area contributed by atoms with Crippen LogP contribution in [0.4, 0.5) is 0 Å². The summed E-state index contributed by atoms with van der Waals surface area (Å²) in [6.07, 6.45) is 6.72. The molecule has 0 atom stereocenters. The summed E-state index contributed by atoms with van der Waals surface area (Å²) in [5.41, 5.74) is 2.39. The fourth-order valence-corrected chi connectivity index (χ4v) is 2.59. The lowest BCUT2D eigenvalue weighted by Gasteiger charge is -2.05. The average Bonchev–Trinajstić information content (AvgIpc) is 2.50. The Balaban J connectivity index is 2.28. The molecule has 0 aromatic rings. The lowest BCUT2D eigenvalue weighted by Crippen LogP contribution is -2.01. The van der Waals surface area contributed by atoms with Gasteiger partial charge in [0.05, 0.1) is 5.71 Å². The Morgan fingerprint density at radius 3 is 3.33 bits per heavy atom. The lowest BCUT2D eigenvalue weighted by molar-refractivity contribution is 0.213. The number of thioether (sulfide) groups is 1. The van der Waals surface area contributed by atoms with Gasteiger partial charge in [-0.25, -0.2) is 0 Å². The fourth-order valence-electron chi connectivity index (χ4n) is 1.47. The lowest BCUT2D eigenvalue weighted by atomic mass is 10.0. The number of hydrogen-bond acceptors (Lipinski definition) is 3. The minimum Gasteiger partial charge on any atom is -0.399 e. The minimum atomic E-state index is 0.975. The molecule has 0 spiro atoms. The second-order valence-corrected chi connectivity index (χ2v) is 3.86. The quantitative estimate of drug-likeness (QED) is 0.579. The van der Waals surface area contributed by atoms with Crippen LogP contribution in [0.15, 0.2) is 27.8 Å². The van der Waals surface area contributed by atoms with E-state index in [0.717, 1.165) is 11.5 Å². The molecule has 3 heteroatoms. The maximum absolute atomic E-state index is 4.78. The molecule has 0 bridgehead atoms. The molecule has 0 amide bonds. The van der Waals surface area contributed by atoms with Crippen molar-refractivity contribution in [3.8, 4) is 0 Å². The Morgan fingerprint density at radius 1 is 1.58 bits per heavy atom. The van der Waals surface area contributed by atoms with Gasteiger partial charge in [0.15, 0.2) is 0 Å². The molecular weight excluding hydrogens is 170 g/mol. The van der Waals surface area contributed by atoms with Crippen LogP contribution in [-0.2, 0) is 4.84 Å². The summed E-state index contributed by atoms with van der Waals surface area (Å²) in [4.78, 5) is 6.26. The van der Waals surface area contributed by atoms with Crippen LogP contribution in [0.3, 0.4) is 0 Å². The van der Waals surface area contributed by atoms with Crippen molar-refractivity contribution in [3.05, 3.63) is 22.6 Å². The first kappa shape index (κ1) is 7.92. The molecule has 0 N–H and O–H groups in total. The largest absolute Gasteiger partial charge is 0.399 e. The van der Waals surface area contributed by atoms with E-state index < -0.39 is 0 Å². The highest BCUT2D eigenvalue weighted by Gasteiger charge is 2.21. The number of nitrogens with zero attached hydrogens (tertiary/aromatic N) is 1. The molecule has 0 fully saturated rings. The van der Waals surface area contributed by atoms with Gasteiger partial charge in [0, 0.05) is 11.3 Å². The summed E-state index contributed by atoms with van der Waals surface area (Å²) in [5, 5.41) is 3.99. The molecule has 0 radical (unpaired) electrons. The van der Waals surface area contributed by atoms with Gasteiger partial charge >= 0.3 is 0 Å². The van der Waals surface area contributed by atoms with Gasteiger partial charge in [-0.15, -0.1) is 11.8 Å². The SMILES string of the molecule is CO/N=C1/CSC2=C1C=CCC2. The summed E-state index contributed by atoms with van der Waals surface area (Å²) in [7, 11) is 1.60. The van der Waals surface area contributed by atoms with E-state index in [9.17, 15) is 0 Å². The van der Waals surface area contributed by atoms with Crippen molar-refractivity contribution in [1.82, 2.24) is 0 Å². The highest BCUT2D eigenvalue weighted by atomic mass is 32.2. The number of hydrogen-bond donors (Lipinski definition) is 0. The highest BCUT2D eigenvalue weighted by molar-refractivity contribution is 8.04. The zero-order chi connectivity index (χ0) is 8.39. The highest BCUT2D eigenvalue weighted by Crippen LogP contribution is 2.36. The van der Waals surface area contributed by atoms with Crippen LogP contribution >= 0.6 is 11.8 Å². The Kier molecular flexibility index (Phi) is 2.21. The third-order valence-corrected chi connectivity index (χ3v) is 3.21. The first-order valence-electron chi connectivity index (χ1n) is 4.04.